The molecule has 7 heteroatoms. The predicted octanol–water partition coefficient (Wildman–Crippen LogP) is 2.59. The van der Waals surface area contributed by atoms with Gasteiger partial charge >= 0.3 is 0 Å². The maximum atomic E-state index is 11.8. The van der Waals surface area contributed by atoms with Crippen LogP contribution in [0, 0.1) is 0 Å². The van der Waals surface area contributed by atoms with Crippen molar-refractivity contribution in [3.63, 3.8) is 0 Å². The van der Waals surface area contributed by atoms with E-state index in [-0.39, 0.29) is 13.2 Å². The van der Waals surface area contributed by atoms with E-state index in [0.717, 1.165) is 0 Å². The lowest BCUT2D eigenvalue weighted by Gasteiger charge is -2.13. The Morgan fingerprint density at radius 3 is 2.56 bits per heavy atom. The Labute approximate surface area is 114 Å². The molecule has 102 valence electrons. The zero-order chi connectivity index (χ0) is 13.5. The van der Waals surface area contributed by atoms with Gasteiger partial charge in [-0.2, -0.15) is 0 Å². The molecule has 18 heavy (non-hydrogen) atoms. The smallest absolute Gasteiger partial charge is 0.250 e. The maximum Gasteiger partial charge on any atom is 0.250 e. The molecule has 0 spiro atoms. The summed E-state index contributed by atoms with van der Waals surface area (Å²) in [6, 6.07) is 4.69. The number of halogens is 4. The van der Waals surface area contributed by atoms with Crippen molar-refractivity contribution in [1.82, 2.24) is 5.32 Å². The number of alkyl halides is 2. The van der Waals surface area contributed by atoms with Gasteiger partial charge in [0.2, 0.25) is 0 Å². The van der Waals surface area contributed by atoms with E-state index < -0.39 is 19.1 Å². The van der Waals surface area contributed by atoms with Crippen LogP contribution >= 0.6 is 23.2 Å². The fourth-order valence-electron chi connectivity index (χ4n) is 1.18. The number of ether oxygens (including phenoxy) is 1. The van der Waals surface area contributed by atoms with Gasteiger partial charge in [-0.1, -0.05) is 23.2 Å². The normalized spacial score (nSPS) is 12.8. The average Bonchev–Trinajstić information content (AvgIpc) is 2.30. The first-order chi connectivity index (χ1) is 8.49. The number of aliphatic hydroxyl groups excluding tert-OH is 1. The first-order valence-corrected chi connectivity index (χ1v) is 5.99. The molecule has 0 saturated carbocycles. The Morgan fingerprint density at radius 1 is 1.22 bits per heavy atom. The van der Waals surface area contributed by atoms with E-state index >= 15 is 0 Å². The minimum Gasteiger partial charge on any atom is -0.491 e. The topological polar surface area (TPSA) is 41.5 Å². The van der Waals surface area contributed by atoms with E-state index in [1.54, 1.807) is 12.1 Å². The summed E-state index contributed by atoms with van der Waals surface area (Å²) in [7, 11) is 0. The minimum absolute atomic E-state index is 0.0196. The van der Waals surface area contributed by atoms with Crippen molar-refractivity contribution in [1.29, 1.82) is 0 Å². The van der Waals surface area contributed by atoms with Crippen molar-refractivity contribution < 1.29 is 18.6 Å². The van der Waals surface area contributed by atoms with Gasteiger partial charge < -0.3 is 15.2 Å². The van der Waals surface area contributed by atoms with E-state index in [0.29, 0.717) is 15.8 Å². The molecule has 0 bridgehead atoms. The molecular weight excluding hydrogens is 287 g/mol. The second-order valence-corrected chi connectivity index (χ2v) is 4.40. The lowest BCUT2D eigenvalue weighted by atomic mass is 10.3. The Balaban J connectivity index is 2.29. The number of benzene rings is 1. The highest BCUT2D eigenvalue weighted by molar-refractivity contribution is 6.42. The second kappa shape index (κ2) is 7.74. The summed E-state index contributed by atoms with van der Waals surface area (Å²) in [4.78, 5) is 0. The standard InChI is InChI=1S/C11H13Cl2F2NO2/c12-9-2-1-8(3-10(9)13)18-6-7(17)4-16-5-11(14)15/h1-3,7,11,16-17H,4-6H2. The van der Waals surface area contributed by atoms with Gasteiger partial charge in [0, 0.05) is 12.6 Å². The lowest BCUT2D eigenvalue weighted by molar-refractivity contribution is 0.0951. The molecule has 1 rings (SSSR count). The maximum absolute atomic E-state index is 11.8. The average molecular weight is 300 g/mol. The Bertz CT molecular complexity index is 380. The van der Waals surface area contributed by atoms with Crippen LogP contribution in [0.4, 0.5) is 8.78 Å². The SMILES string of the molecule is OC(CNCC(F)F)COc1ccc(Cl)c(Cl)c1. The highest BCUT2D eigenvalue weighted by atomic mass is 35.5. The molecule has 0 aliphatic carbocycles. The molecule has 0 fully saturated rings. The molecule has 1 aromatic rings. The summed E-state index contributed by atoms with van der Waals surface area (Å²) in [5.41, 5.74) is 0. The van der Waals surface area contributed by atoms with Gasteiger partial charge in [0.05, 0.1) is 16.6 Å². The van der Waals surface area contributed by atoms with Crippen molar-refractivity contribution in [3.05, 3.63) is 28.2 Å². The van der Waals surface area contributed by atoms with Crippen LogP contribution in [-0.2, 0) is 0 Å². The first kappa shape index (κ1) is 15.4. The van der Waals surface area contributed by atoms with Crippen LogP contribution in [0.15, 0.2) is 18.2 Å². The fourth-order valence-corrected chi connectivity index (χ4v) is 1.47. The summed E-state index contributed by atoms with van der Waals surface area (Å²) in [6.45, 7) is -0.441. The Morgan fingerprint density at radius 2 is 1.94 bits per heavy atom. The molecule has 1 unspecified atom stereocenters. The molecule has 0 aromatic heterocycles. The fraction of sp³-hybridized carbons (Fsp3) is 0.455. The molecule has 0 saturated heterocycles. The summed E-state index contributed by atoms with van der Waals surface area (Å²) < 4.78 is 28.9. The molecule has 0 aliphatic rings. The van der Waals surface area contributed by atoms with E-state index in [4.69, 9.17) is 27.9 Å². The van der Waals surface area contributed by atoms with E-state index in [1.807, 2.05) is 0 Å². The summed E-state index contributed by atoms with van der Waals surface area (Å²) in [6.07, 6.45) is -3.31. The molecule has 1 atom stereocenters. The highest BCUT2D eigenvalue weighted by Gasteiger charge is 2.08. The van der Waals surface area contributed by atoms with Crippen LogP contribution in [0.2, 0.25) is 10.0 Å². The lowest BCUT2D eigenvalue weighted by Crippen LogP contribution is -2.33. The van der Waals surface area contributed by atoms with E-state index in [1.165, 1.54) is 6.07 Å². The van der Waals surface area contributed by atoms with Gasteiger partial charge in [0.15, 0.2) is 0 Å². The van der Waals surface area contributed by atoms with Crippen LogP contribution in [0.5, 0.6) is 5.75 Å². The van der Waals surface area contributed by atoms with Crippen molar-refractivity contribution in [2.45, 2.75) is 12.5 Å². The number of rotatable bonds is 7. The number of hydrogen-bond donors (Lipinski definition) is 2. The third-order valence-corrected chi connectivity index (χ3v) is 2.75. The molecule has 1 aromatic carbocycles. The first-order valence-electron chi connectivity index (χ1n) is 5.24. The second-order valence-electron chi connectivity index (χ2n) is 3.59. The molecule has 0 radical (unpaired) electrons. The minimum atomic E-state index is -2.44. The number of hydrogen-bond acceptors (Lipinski definition) is 3. The van der Waals surface area contributed by atoms with Gasteiger partial charge in [-0.15, -0.1) is 0 Å². The van der Waals surface area contributed by atoms with Crippen molar-refractivity contribution in [3.8, 4) is 5.75 Å². The zero-order valence-electron chi connectivity index (χ0n) is 9.38. The summed E-state index contributed by atoms with van der Waals surface area (Å²) in [5.74, 6) is 0.456. The molecular formula is C11H13Cl2F2NO2. The summed E-state index contributed by atoms with van der Waals surface area (Å²) in [5, 5.41) is 12.6. The Kier molecular flexibility index (Phi) is 6.63. The third-order valence-electron chi connectivity index (χ3n) is 2.01. The van der Waals surface area contributed by atoms with Gasteiger partial charge in [0.1, 0.15) is 18.5 Å². The third kappa shape index (κ3) is 5.82. The number of nitrogens with one attached hydrogen (secondary N) is 1. The predicted molar refractivity (Wildman–Crippen MR) is 66.8 cm³/mol. The van der Waals surface area contributed by atoms with Crippen molar-refractivity contribution in [2.24, 2.45) is 0 Å². The van der Waals surface area contributed by atoms with Crippen LogP contribution in [0.1, 0.15) is 0 Å². The molecule has 0 aliphatic heterocycles. The van der Waals surface area contributed by atoms with Gasteiger partial charge in [-0.05, 0) is 12.1 Å². The van der Waals surface area contributed by atoms with Crippen LogP contribution < -0.4 is 10.1 Å². The van der Waals surface area contributed by atoms with Crippen LogP contribution in [0.3, 0.4) is 0 Å². The van der Waals surface area contributed by atoms with Crippen molar-refractivity contribution in [2.75, 3.05) is 19.7 Å². The van der Waals surface area contributed by atoms with Gasteiger partial charge in [-0.3, -0.25) is 0 Å². The van der Waals surface area contributed by atoms with Crippen LogP contribution in [0.25, 0.3) is 0 Å². The van der Waals surface area contributed by atoms with Gasteiger partial charge in [-0.25, -0.2) is 8.78 Å². The molecule has 0 heterocycles. The summed E-state index contributed by atoms with van der Waals surface area (Å²) >= 11 is 11.5. The quantitative estimate of drug-likeness (QED) is 0.813. The molecule has 3 nitrogen and oxygen atoms in total. The number of aliphatic hydroxyl groups is 1. The Hall–Kier alpha value is -0.620. The van der Waals surface area contributed by atoms with Crippen LogP contribution in [-0.4, -0.2) is 37.3 Å². The van der Waals surface area contributed by atoms with Gasteiger partial charge in [0.25, 0.3) is 6.43 Å². The largest absolute Gasteiger partial charge is 0.491 e. The molecule has 0 amide bonds. The molecule has 2 N–H and O–H groups in total. The van der Waals surface area contributed by atoms with E-state index in [2.05, 4.69) is 5.32 Å². The van der Waals surface area contributed by atoms with Crippen molar-refractivity contribution >= 4 is 23.2 Å². The zero-order valence-corrected chi connectivity index (χ0v) is 10.9. The van der Waals surface area contributed by atoms with E-state index in [9.17, 15) is 13.9 Å². The monoisotopic (exact) mass is 299 g/mol. The highest BCUT2D eigenvalue weighted by Crippen LogP contribution is 2.26.